The molecule has 0 fully saturated rings. The van der Waals surface area contributed by atoms with Gasteiger partial charge < -0.3 is 11.1 Å². The Morgan fingerprint density at radius 1 is 1.16 bits per heavy atom. The molecule has 0 aromatic heterocycles. The van der Waals surface area contributed by atoms with E-state index in [-0.39, 0.29) is 5.75 Å². The number of amides is 1. The van der Waals surface area contributed by atoms with Gasteiger partial charge in [-0.15, -0.1) is 0 Å². The number of unbranched alkanes of at least 4 members (excludes halogenated alkanes) is 2. The van der Waals surface area contributed by atoms with E-state index in [9.17, 15) is 13.2 Å². The molecule has 0 unspecified atom stereocenters. The number of hydrogen-bond acceptors (Lipinski definition) is 4. The van der Waals surface area contributed by atoms with Gasteiger partial charge in [0.2, 0.25) is 5.91 Å². The zero-order valence-corrected chi connectivity index (χ0v) is 13.2. The van der Waals surface area contributed by atoms with Gasteiger partial charge in [0, 0.05) is 12.1 Å². The van der Waals surface area contributed by atoms with Gasteiger partial charge in [0.1, 0.15) is 5.75 Å². The predicted octanol–water partition coefficient (Wildman–Crippen LogP) is 1.23. The van der Waals surface area contributed by atoms with Crippen molar-refractivity contribution in [3.63, 3.8) is 0 Å². The molecule has 0 saturated carbocycles. The van der Waals surface area contributed by atoms with Crippen molar-refractivity contribution in [1.82, 2.24) is 5.32 Å². The van der Waals surface area contributed by atoms with E-state index in [0.29, 0.717) is 13.0 Å². The molecule has 0 radical (unpaired) electrons. The standard InChI is InChI=1S/C13H28N2O3S/c1-4-7-8-9-19(17,18)10-12(16)15-11-13(14,5-2)6-3/h4-11,14H2,1-3H3,(H,15,16). The highest BCUT2D eigenvalue weighted by atomic mass is 32.2. The molecule has 0 aliphatic carbocycles. The van der Waals surface area contributed by atoms with Crippen LogP contribution in [-0.2, 0) is 14.6 Å². The second-order valence-electron chi connectivity index (χ2n) is 5.15. The van der Waals surface area contributed by atoms with Crippen LogP contribution in [0.5, 0.6) is 0 Å². The minimum Gasteiger partial charge on any atom is -0.353 e. The maximum Gasteiger partial charge on any atom is 0.235 e. The van der Waals surface area contributed by atoms with Crippen LogP contribution in [0.3, 0.4) is 0 Å². The van der Waals surface area contributed by atoms with Crippen molar-refractivity contribution in [3.05, 3.63) is 0 Å². The van der Waals surface area contributed by atoms with Crippen molar-refractivity contribution in [1.29, 1.82) is 0 Å². The summed E-state index contributed by atoms with van der Waals surface area (Å²) in [5.74, 6) is -0.794. The van der Waals surface area contributed by atoms with Crippen molar-refractivity contribution < 1.29 is 13.2 Å². The van der Waals surface area contributed by atoms with E-state index in [1.165, 1.54) is 0 Å². The maximum atomic E-state index is 11.7. The molecule has 0 aromatic carbocycles. The van der Waals surface area contributed by atoms with Gasteiger partial charge >= 0.3 is 0 Å². The Morgan fingerprint density at radius 2 is 1.74 bits per heavy atom. The highest BCUT2D eigenvalue weighted by molar-refractivity contribution is 7.92. The molecule has 0 aliphatic heterocycles. The van der Waals surface area contributed by atoms with Crippen LogP contribution in [0.1, 0.15) is 52.9 Å². The molecule has 0 rings (SSSR count). The summed E-state index contributed by atoms with van der Waals surface area (Å²) >= 11 is 0. The van der Waals surface area contributed by atoms with Gasteiger partial charge in [0.15, 0.2) is 9.84 Å². The molecule has 0 atom stereocenters. The summed E-state index contributed by atoms with van der Waals surface area (Å²) in [6.07, 6.45) is 3.94. The summed E-state index contributed by atoms with van der Waals surface area (Å²) in [7, 11) is -3.29. The summed E-state index contributed by atoms with van der Waals surface area (Å²) in [6.45, 7) is 6.24. The fraction of sp³-hybridized carbons (Fsp3) is 0.923. The first-order valence-corrected chi connectivity index (χ1v) is 8.86. The van der Waals surface area contributed by atoms with Crippen molar-refractivity contribution >= 4 is 15.7 Å². The molecule has 0 aromatic rings. The molecule has 0 saturated heterocycles. The third kappa shape index (κ3) is 8.21. The summed E-state index contributed by atoms with van der Waals surface area (Å²) in [5, 5.41) is 2.63. The molecule has 5 nitrogen and oxygen atoms in total. The van der Waals surface area contributed by atoms with Gasteiger partial charge in [0.05, 0.1) is 5.75 Å². The lowest BCUT2D eigenvalue weighted by Crippen LogP contribution is -2.50. The second kappa shape index (κ2) is 8.53. The highest BCUT2D eigenvalue weighted by Gasteiger charge is 2.22. The van der Waals surface area contributed by atoms with Crippen LogP contribution in [-0.4, -0.2) is 37.9 Å². The van der Waals surface area contributed by atoms with E-state index in [1.807, 2.05) is 20.8 Å². The van der Waals surface area contributed by atoms with E-state index < -0.39 is 27.0 Å². The van der Waals surface area contributed by atoms with Crippen molar-refractivity contribution in [2.24, 2.45) is 5.73 Å². The Balaban J connectivity index is 4.17. The van der Waals surface area contributed by atoms with Crippen molar-refractivity contribution in [2.45, 2.75) is 58.4 Å². The lowest BCUT2D eigenvalue weighted by Gasteiger charge is -2.26. The zero-order valence-electron chi connectivity index (χ0n) is 12.4. The molecule has 1 amide bonds. The van der Waals surface area contributed by atoms with Gasteiger partial charge in [-0.1, -0.05) is 33.6 Å². The van der Waals surface area contributed by atoms with Crippen LogP contribution in [0.25, 0.3) is 0 Å². The fourth-order valence-corrected chi connectivity index (χ4v) is 2.96. The average Bonchev–Trinajstić information content (AvgIpc) is 2.35. The van der Waals surface area contributed by atoms with E-state index in [1.54, 1.807) is 0 Å². The number of rotatable bonds is 10. The lowest BCUT2D eigenvalue weighted by molar-refractivity contribution is -0.118. The van der Waals surface area contributed by atoms with Crippen LogP contribution >= 0.6 is 0 Å². The molecular weight excluding hydrogens is 264 g/mol. The molecule has 0 spiro atoms. The Kier molecular flexibility index (Phi) is 8.25. The van der Waals surface area contributed by atoms with Gasteiger partial charge in [0.25, 0.3) is 0 Å². The predicted molar refractivity (Wildman–Crippen MR) is 78.7 cm³/mol. The van der Waals surface area contributed by atoms with Crippen LogP contribution in [0, 0.1) is 0 Å². The first kappa shape index (κ1) is 18.4. The zero-order chi connectivity index (χ0) is 14.9. The molecule has 19 heavy (non-hydrogen) atoms. The maximum absolute atomic E-state index is 11.7. The van der Waals surface area contributed by atoms with Crippen molar-refractivity contribution in [3.8, 4) is 0 Å². The van der Waals surface area contributed by atoms with Crippen LogP contribution in [0.4, 0.5) is 0 Å². The molecule has 0 aliphatic rings. The van der Waals surface area contributed by atoms with E-state index in [4.69, 9.17) is 5.73 Å². The van der Waals surface area contributed by atoms with Crippen LogP contribution in [0.2, 0.25) is 0 Å². The molecule has 6 heteroatoms. The molecule has 3 N–H and O–H groups in total. The van der Waals surface area contributed by atoms with Gasteiger partial charge in [-0.2, -0.15) is 0 Å². The number of hydrogen-bond donors (Lipinski definition) is 2. The number of nitrogens with two attached hydrogens (primary N) is 1. The number of sulfone groups is 1. The first-order chi connectivity index (χ1) is 8.78. The van der Waals surface area contributed by atoms with Crippen molar-refractivity contribution in [2.75, 3.05) is 18.1 Å². The summed E-state index contributed by atoms with van der Waals surface area (Å²) in [6, 6.07) is 0. The molecular formula is C13H28N2O3S. The van der Waals surface area contributed by atoms with Gasteiger partial charge in [-0.3, -0.25) is 4.79 Å². The SMILES string of the molecule is CCCCCS(=O)(=O)CC(=O)NCC(N)(CC)CC. The van der Waals surface area contributed by atoms with Gasteiger partial charge in [-0.05, 0) is 19.3 Å². The van der Waals surface area contributed by atoms with E-state index in [2.05, 4.69) is 5.32 Å². The quantitative estimate of drug-likeness (QED) is 0.593. The largest absolute Gasteiger partial charge is 0.353 e. The third-order valence-electron chi connectivity index (χ3n) is 3.46. The second-order valence-corrected chi connectivity index (χ2v) is 7.33. The first-order valence-electron chi connectivity index (χ1n) is 7.04. The average molecular weight is 292 g/mol. The number of carbonyl (C=O) groups is 1. The van der Waals surface area contributed by atoms with Crippen LogP contribution in [0.15, 0.2) is 0 Å². The van der Waals surface area contributed by atoms with E-state index in [0.717, 1.165) is 25.7 Å². The van der Waals surface area contributed by atoms with Gasteiger partial charge in [-0.25, -0.2) is 8.42 Å². The normalized spacial score (nSPS) is 12.4. The topological polar surface area (TPSA) is 89.3 Å². The minimum absolute atomic E-state index is 0.0869. The Morgan fingerprint density at radius 3 is 2.21 bits per heavy atom. The summed E-state index contributed by atoms with van der Waals surface area (Å²) in [4.78, 5) is 11.6. The molecule has 114 valence electrons. The molecule has 0 heterocycles. The lowest BCUT2D eigenvalue weighted by atomic mass is 9.94. The Hall–Kier alpha value is -0.620. The minimum atomic E-state index is -3.29. The summed E-state index contributed by atoms with van der Waals surface area (Å²) < 4.78 is 23.4. The highest BCUT2D eigenvalue weighted by Crippen LogP contribution is 2.09. The smallest absolute Gasteiger partial charge is 0.235 e. The Labute approximate surface area is 117 Å². The number of nitrogens with one attached hydrogen (secondary N) is 1. The van der Waals surface area contributed by atoms with E-state index >= 15 is 0 Å². The monoisotopic (exact) mass is 292 g/mol. The van der Waals surface area contributed by atoms with Crippen LogP contribution < -0.4 is 11.1 Å². The molecule has 0 bridgehead atoms. The Bertz CT molecular complexity index is 362. The third-order valence-corrected chi connectivity index (χ3v) is 5.07. The summed E-state index contributed by atoms with van der Waals surface area (Å²) in [5.41, 5.74) is 5.60. The fourth-order valence-electron chi connectivity index (χ4n) is 1.67. The number of carbonyl (C=O) groups excluding carboxylic acids is 1.